The molecule has 0 bridgehead atoms. The van der Waals surface area contributed by atoms with Crippen molar-refractivity contribution in [3.05, 3.63) is 24.2 Å². The van der Waals surface area contributed by atoms with Crippen molar-refractivity contribution in [1.82, 2.24) is 9.80 Å². The minimum Gasteiger partial charge on any atom is -0.481 e. The molecule has 0 saturated carbocycles. The van der Waals surface area contributed by atoms with Crippen LogP contribution in [0, 0.1) is 0 Å². The minimum atomic E-state index is -0.892. The SMILES string of the molecule is O=C(O)CCCC(=O)N1CCN(C(=O)c2ccco2)CC1. The van der Waals surface area contributed by atoms with Gasteiger partial charge in [0.05, 0.1) is 6.26 Å². The van der Waals surface area contributed by atoms with Crippen LogP contribution < -0.4 is 0 Å². The maximum absolute atomic E-state index is 12.0. The molecular formula is C14H18N2O5. The molecule has 0 radical (unpaired) electrons. The van der Waals surface area contributed by atoms with Gasteiger partial charge in [-0.25, -0.2) is 0 Å². The van der Waals surface area contributed by atoms with E-state index in [4.69, 9.17) is 9.52 Å². The first-order chi connectivity index (χ1) is 10.1. The van der Waals surface area contributed by atoms with E-state index in [1.165, 1.54) is 6.26 Å². The zero-order valence-corrected chi connectivity index (χ0v) is 11.7. The van der Waals surface area contributed by atoms with Gasteiger partial charge in [0.25, 0.3) is 5.91 Å². The van der Waals surface area contributed by atoms with Crippen LogP contribution in [0.2, 0.25) is 0 Å². The molecule has 1 aliphatic heterocycles. The highest BCUT2D eigenvalue weighted by atomic mass is 16.4. The van der Waals surface area contributed by atoms with Gasteiger partial charge in [0, 0.05) is 39.0 Å². The number of aliphatic carboxylic acids is 1. The van der Waals surface area contributed by atoms with Gasteiger partial charge in [-0.05, 0) is 18.6 Å². The molecular weight excluding hydrogens is 276 g/mol. The standard InChI is InChI=1S/C14H18N2O5/c17-12(4-1-5-13(18)19)15-6-8-16(9-7-15)14(20)11-3-2-10-21-11/h2-3,10H,1,4-9H2,(H,18,19). The molecule has 7 heteroatoms. The largest absolute Gasteiger partial charge is 0.481 e. The van der Waals surface area contributed by atoms with Crippen LogP contribution in [0.25, 0.3) is 0 Å². The summed E-state index contributed by atoms with van der Waals surface area (Å²) in [6.45, 7) is 1.87. The fourth-order valence-corrected chi connectivity index (χ4v) is 2.26. The topological polar surface area (TPSA) is 91.1 Å². The lowest BCUT2D eigenvalue weighted by Crippen LogP contribution is -2.50. The van der Waals surface area contributed by atoms with E-state index in [1.807, 2.05) is 0 Å². The molecule has 21 heavy (non-hydrogen) atoms. The summed E-state index contributed by atoms with van der Waals surface area (Å²) in [4.78, 5) is 37.7. The predicted octanol–water partition coefficient (Wildman–Crippen LogP) is 0.819. The Hall–Kier alpha value is -2.31. The molecule has 0 atom stereocenters. The second-order valence-corrected chi connectivity index (χ2v) is 4.90. The van der Waals surface area contributed by atoms with E-state index < -0.39 is 5.97 Å². The molecule has 7 nitrogen and oxygen atoms in total. The van der Waals surface area contributed by atoms with E-state index in [0.29, 0.717) is 38.4 Å². The molecule has 1 fully saturated rings. The highest BCUT2D eigenvalue weighted by Gasteiger charge is 2.25. The van der Waals surface area contributed by atoms with Crippen LogP contribution >= 0.6 is 0 Å². The summed E-state index contributed by atoms with van der Waals surface area (Å²) < 4.78 is 5.07. The Morgan fingerprint density at radius 2 is 1.76 bits per heavy atom. The molecule has 114 valence electrons. The van der Waals surface area contributed by atoms with Gasteiger partial charge in [-0.15, -0.1) is 0 Å². The van der Waals surface area contributed by atoms with Gasteiger partial charge >= 0.3 is 5.97 Å². The lowest BCUT2D eigenvalue weighted by Gasteiger charge is -2.34. The first kappa shape index (κ1) is 15.1. The van der Waals surface area contributed by atoms with E-state index in [-0.39, 0.29) is 24.7 Å². The number of rotatable bonds is 5. The van der Waals surface area contributed by atoms with Crippen molar-refractivity contribution in [3.63, 3.8) is 0 Å². The molecule has 2 amide bonds. The number of carboxylic acids is 1. The minimum absolute atomic E-state index is 0.00266. The number of hydrogen-bond donors (Lipinski definition) is 1. The maximum atomic E-state index is 12.0. The molecule has 0 aliphatic carbocycles. The Labute approximate surface area is 122 Å². The highest BCUT2D eigenvalue weighted by Crippen LogP contribution is 2.11. The summed E-state index contributed by atoms with van der Waals surface area (Å²) in [7, 11) is 0. The number of hydrogen-bond acceptors (Lipinski definition) is 4. The third-order valence-corrected chi connectivity index (χ3v) is 3.43. The second kappa shape index (κ2) is 6.92. The van der Waals surface area contributed by atoms with Crippen molar-refractivity contribution in [2.75, 3.05) is 26.2 Å². The Balaban J connectivity index is 1.76. The van der Waals surface area contributed by atoms with Gasteiger partial charge in [-0.1, -0.05) is 0 Å². The summed E-state index contributed by atoms with van der Waals surface area (Å²) >= 11 is 0. The summed E-state index contributed by atoms with van der Waals surface area (Å²) in [5, 5.41) is 8.55. The maximum Gasteiger partial charge on any atom is 0.303 e. The Bertz CT molecular complexity index is 503. The normalized spacial score (nSPS) is 15.0. The lowest BCUT2D eigenvalue weighted by atomic mass is 10.2. The molecule has 1 aromatic rings. The molecule has 1 aromatic heterocycles. The average molecular weight is 294 g/mol. The lowest BCUT2D eigenvalue weighted by molar-refractivity contribution is -0.137. The Kier molecular flexibility index (Phi) is 4.97. The van der Waals surface area contributed by atoms with Crippen molar-refractivity contribution in [2.24, 2.45) is 0 Å². The number of carbonyl (C=O) groups is 3. The fraction of sp³-hybridized carbons (Fsp3) is 0.500. The van der Waals surface area contributed by atoms with Gasteiger partial charge in [-0.3, -0.25) is 14.4 Å². The van der Waals surface area contributed by atoms with Crippen LogP contribution in [0.1, 0.15) is 29.8 Å². The highest BCUT2D eigenvalue weighted by molar-refractivity contribution is 5.91. The summed E-state index contributed by atoms with van der Waals surface area (Å²) in [6, 6.07) is 3.28. The van der Waals surface area contributed by atoms with Crippen LogP contribution in [-0.4, -0.2) is 58.9 Å². The Morgan fingerprint density at radius 1 is 1.10 bits per heavy atom. The fourth-order valence-electron chi connectivity index (χ4n) is 2.26. The van der Waals surface area contributed by atoms with Crippen molar-refractivity contribution in [1.29, 1.82) is 0 Å². The average Bonchev–Trinajstić information content (AvgIpc) is 3.00. The smallest absolute Gasteiger partial charge is 0.303 e. The molecule has 0 unspecified atom stereocenters. The molecule has 2 heterocycles. The molecule has 0 spiro atoms. The first-order valence-corrected chi connectivity index (χ1v) is 6.90. The number of nitrogens with zero attached hydrogens (tertiary/aromatic N) is 2. The summed E-state index contributed by atoms with van der Waals surface area (Å²) in [5.74, 6) is -0.813. The van der Waals surface area contributed by atoms with Crippen LogP contribution in [0.5, 0.6) is 0 Å². The third-order valence-electron chi connectivity index (χ3n) is 3.43. The van der Waals surface area contributed by atoms with Crippen molar-refractivity contribution in [3.8, 4) is 0 Å². The first-order valence-electron chi connectivity index (χ1n) is 6.90. The molecule has 1 saturated heterocycles. The summed E-state index contributed by atoms with van der Waals surface area (Å²) in [5.41, 5.74) is 0. The van der Waals surface area contributed by atoms with E-state index in [0.717, 1.165) is 0 Å². The number of furan rings is 1. The zero-order valence-electron chi connectivity index (χ0n) is 11.7. The molecule has 2 rings (SSSR count). The monoisotopic (exact) mass is 294 g/mol. The number of carboxylic acid groups (broad SMARTS) is 1. The number of piperazine rings is 1. The van der Waals surface area contributed by atoms with Gasteiger partial charge in [0.2, 0.25) is 5.91 Å². The van der Waals surface area contributed by atoms with E-state index in [2.05, 4.69) is 0 Å². The van der Waals surface area contributed by atoms with Gasteiger partial charge in [0.1, 0.15) is 0 Å². The quantitative estimate of drug-likeness (QED) is 0.868. The molecule has 0 aromatic carbocycles. The van der Waals surface area contributed by atoms with Crippen LogP contribution in [0.3, 0.4) is 0 Å². The number of amides is 2. The van der Waals surface area contributed by atoms with Gasteiger partial charge < -0.3 is 19.3 Å². The predicted molar refractivity (Wildman–Crippen MR) is 72.7 cm³/mol. The Morgan fingerprint density at radius 3 is 2.33 bits per heavy atom. The van der Waals surface area contributed by atoms with Crippen molar-refractivity contribution >= 4 is 17.8 Å². The van der Waals surface area contributed by atoms with Gasteiger partial charge in [-0.2, -0.15) is 0 Å². The van der Waals surface area contributed by atoms with Crippen LogP contribution in [0.4, 0.5) is 0 Å². The van der Waals surface area contributed by atoms with E-state index in [9.17, 15) is 14.4 Å². The zero-order chi connectivity index (χ0) is 15.2. The van der Waals surface area contributed by atoms with Gasteiger partial charge in [0.15, 0.2) is 5.76 Å². The van der Waals surface area contributed by atoms with E-state index in [1.54, 1.807) is 21.9 Å². The van der Waals surface area contributed by atoms with E-state index >= 15 is 0 Å². The second-order valence-electron chi connectivity index (χ2n) is 4.90. The summed E-state index contributed by atoms with van der Waals surface area (Å²) in [6.07, 6.45) is 2.04. The third kappa shape index (κ3) is 4.08. The molecule has 1 aliphatic rings. The van der Waals surface area contributed by atoms with Crippen molar-refractivity contribution in [2.45, 2.75) is 19.3 Å². The van der Waals surface area contributed by atoms with Crippen molar-refractivity contribution < 1.29 is 23.9 Å². The van der Waals surface area contributed by atoms with Crippen LogP contribution in [-0.2, 0) is 9.59 Å². The number of carbonyl (C=O) groups excluding carboxylic acids is 2. The molecule has 1 N–H and O–H groups in total. The van der Waals surface area contributed by atoms with Crippen LogP contribution in [0.15, 0.2) is 22.8 Å².